The molecular formula is C20H23N3O3. The summed E-state index contributed by atoms with van der Waals surface area (Å²) >= 11 is 0. The number of carbonyl (C=O) groups excluding carboxylic acids is 3. The Kier molecular flexibility index (Phi) is 6.49. The second-order valence-corrected chi connectivity index (χ2v) is 6.19. The van der Waals surface area contributed by atoms with Crippen molar-refractivity contribution >= 4 is 17.7 Å². The zero-order chi connectivity index (χ0) is 19.1. The zero-order valence-corrected chi connectivity index (χ0v) is 15.1. The highest BCUT2D eigenvalue weighted by Gasteiger charge is 2.18. The maximum Gasteiger partial charge on any atom is 0.269 e. The lowest BCUT2D eigenvalue weighted by atomic mass is 10.0. The van der Waals surface area contributed by atoms with Gasteiger partial charge in [0.1, 0.15) is 0 Å². The Morgan fingerprint density at radius 1 is 0.923 bits per heavy atom. The number of rotatable bonds is 5. The van der Waals surface area contributed by atoms with E-state index in [0.29, 0.717) is 5.56 Å². The standard InChI is InChI=1S/C20H23N3O3/c1-13-8-10-16(11-9-13)18(21-15(3)24)12-19(25)22-23-20(26)17-7-5-4-6-14(17)2/h4-11,18H,12H2,1-3H3,(H,21,24)(H,22,25)(H,23,26). The van der Waals surface area contributed by atoms with Gasteiger partial charge in [0.25, 0.3) is 5.91 Å². The fourth-order valence-electron chi connectivity index (χ4n) is 2.55. The molecule has 0 fully saturated rings. The molecule has 0 saturated carbocycles. The number of amides is 3. The van der Waals surface area contributed by atoms with Crippen molar-refractivity contribution in [1.82, 2.24) is 16.2 Å². The quantitative estimate of drug-likeness (QED) is 0.721. The van der Waals surface area contributed by atoms with Crippen LogP contribution in [0.4, 0.5) is 0 Å². The Morgan fingerprint density at radius 3 is 2.19 bits per heavy atom. The van der Waals surface area contributed by atoms with Gasteiger partial charge in [-0.2, -0.15) is 0 Å². The molecule has 0 radical (unpaired) electrons. The molecular weight excluding hydrogens is 330 g/mol. The van der Waals surface area contributed by atoms with E-state index in [0.717, 1.165) is 16.7 Å². The second-order valence-electron chi connectivity index (χ2n) is 6.19. The molecule has 0 aliphatic heterocycles. The van der Waals surface area contributed by atoms with Crippen molar-refractivity contribution in [2.45, 2.75) is 33.2 Å². The Balaban J connectivity index is 1.98. The molecule has 1 atom stereocenters. The van der Waals surface area contributed by atoms with Gasteiger partial charge in [-0.1, -0.05) is 48.0 Å². The highest BCUT2D eigenvalue weighted by molar-refractivity contribution is 5.96. The van der Waals surface area contributed by atoms with Crippen molar-refractivity contribution in [2.75, 3.05) is 0 Å². The van der Waals surface area contributed by atoms with Crippen LogP contribution in [0.15, 0.2) is 48.5 Å². The number of nitrogens with one attached hydrogen (secondary N) is 3. The van der Waals surface area contributed by atoms with Crippen molar-refractivity contribution in [3.05, 3.63) is 70.8 Å². The van der Waals surface area contributed by atoms with E-state index in [1.807, 2.05) is 50.2 Å². The number of aryl methyl sites for hydroxylation is 2. The SMILES string of the molecule is CC(=O)NC(CC(=O)NNC(=O)c1ccccc1C)c1ccc(C)cc1. The average Bonchev–Trinajstić information content (AvgIpc) is 2.60. The monoisotopic (exact) mass is 353 g/mol. The molecule has 3 amide bonds. The van der Waals surface area contributed by atoms with Crippen LogP contribution in [-0.2, 0) is 9.59 Å². The van der Waals surface area contributed by atoms with Crippen LogP contribution < -0.4 is 16.2 Å². The number of hydrogen-bond donors (Lipinski definition) is 3. The third kappa shape index (κ3) is 5.44. The fraction of sp³-hybridized carbons (Fsp3) is 0.250. The van der Waals surface area contributed by atoms with Crippen molar-refractivity contribution < 1.29 is 14.4 Å². The topological polar surface area (TPSA) is 87.3 Å². The van der Waals surface area contributed by atoms with Crippen molar-refractivity contribution in [1.29, 1.82) is 0 Å². The van der Waals surface area contributed by atoms with Gasteiger partial charge in [0.05, 0.1) is 12.5 Å². The highest BCUT2D eigenvalue weighted by Crippen LogP contribution is 2.17. The van der Waals surface area contributed by atoms with Crippen LogP contribution in [0.5, 0.6) is 0 Å². The first kappa shape index (κ1) is 19.2. The van der Waals surface area contributed by atoms with Crippen molar-refractivity contribution in [2.24, 2.45) is 0 Å². The molecule has 2 aromatic rings. The molecule has 0 aromatic heterocycles. The minimum atomic E-state index is -0.469. The third-order valence-electron chi connectivity index (χ3n) is 3.95. The van der Waals surface area contributed by atoms with E-state index in [9.17, 15) is 14.4 Å². The summed E-state index contributed by atoms with van der Waals surface area (Å²) in [6.07, 6.45) is 0.0106. The highest BCUT2D eigenvalue weighted by atomic mass is 16.2. The average molecular weight is 353 g/mol. The van der Waals surface area contributed by atoms with E-state index in [1.165, 1.54) is 6.92 Å². The molecule has 0 saturated heterocycles. The molecule has 0 spiro atoms. The molecule has 136 valence electrons. The van der Waals surface area contributed by atoms with Crippen LogP contribution in [-0.4, -0.2) is 17.7 Å². The van der Waals surface area contributed by atoms with Gasteiger partial charge in [0.15, 0.2) is 0 Å². The largest absolute Gasteiger partial charge is 0.349 e. The van der Waals surface area contributed by atoms with Gasteiger partial charge in [-0.3, -0.25) is 25.2 Å². The zero-order valence-electron chi connectivity index (χ0n) is 15.1. The predicted octanol–water partition coefficient (Wildman–Crippen LogP) is 2.33. The molecule has 0 bridgehead atoms. The summed E-state index contributed by atoms with van der Waals surface area (Å²) < 4.78 is 0. The molecule has 1 unspecified atom stereocenters. The Bertz CT molecular complexity index is 800. The predicted molar refractivity (Wildman–Crippen MR) is 99.1 cm³/mol. The molecule has 2 aromatic carbocycles. The second kappa shape index (κ2) is 8.80. The van der Waals surface area contributed by atoms with E-state index in [-0.39, 0.29) is 18.2 Å². The summed E-state index contributed by atoms with van der Waals surface area (Å²) in [5, 5.41) is 2.76. The van der Waals surface area contributed by atoms with Gasteiger partial charge in [0.2, 0.25) is 11.8 Å². The van der Waals surface area contributed by atoms with E-state index >= 15 is 0 Å². The molecule has 0 aliphatic rings. The molecule has 6 nitrogen and oxygen atoms in total. The summed E-state index contributed by atoms with van der Waals surface area (Å²) in [7, 11) is 0. The first-order valence-corrected chi connectivity index (χ1v) is 8.35. The number of hydrazine groups is 1. The van der Waals surface area contributed by atoms with Crippen LogP contribution in [0.2, 0.25) is 0 Å². The molecule has 2 rings (SSSR count). The summed E-state index contributed by atoms with van der Waals surface area (Å²) in [6, 6.07) is 14.2. The van der Waals surface area contributed by atoms with E-state index in [1.54, 1.807) is 12.1 Å². The normalized spacial score (nSPS) is 11.3. The first-order chi connectivity index (χ1) is 12.4. The number of carbonyl (C=O) groups is 3. The van der Waals surface area contributed by atoms with Gasteiger partial charge < -0.3 is 5.32 Å². The summed E-state index contributed by atoms with van der Waals surface area (Å²) in [4.78, 5) is 35.8. The van der Waals surface area contributed by atoms with Gasteiger partial charge in [-0.05, 0) is 31.0 Å². The van der Waals surface area contributed by atoms with E-state index in [4.69, 9.17) is 0 Å². The summed E-state index contributed by atoms with van der Waals surface area (Å²) in [6.45, 7) is 5.19. The Labute approximate surface area is 153 Å². The Morgan fingerprint density at radius 2 is 1.58 bits per heavy atom. The van der Waals surface area contributed by atoms with Crippen LogP contribution in [0.3, 0.4) is 0 Å². The number of hydrogen-bond acceptors (Lipinski definition) is 3. The fourth-order valence-corrected chi connectivity index (χ4v) is 2.55. The summed E-state index contributed by atoms with van der Waals surface area (Å²) in [5.41, 5.74) is 8.03. The number of benzene rings is 2. The van der Waals surface area contributed by atoms with Gasteiger partial charge in [-0.15, -0.1) is 0 Å². The minimum absolute atomic E-state index is 0.0106. The molecule has 26 heavy (non-hydrogen) atoms. The maximum atomic E-state index is 12.2. The van der Waals surface area contributed by atoms with Crippen LogP contribution in [0.25, 0.3) is 0 Å². The van der Waals surface area contributed by atoms with Crippen LogP contribution in [0, 0.1) is 13.8 Å². The summed E-state index contributed by atoms with van der Waals surface area (Å²) in [5.74, 6) is -1.01. The minimum Gasteiger partial charge on any atom is -0.349 e. The van der Waals surface area contributed by atoms with Gasteiger partial charge in [-0.25, -0.2) is 0 Å². The van der Waals surface area contributed by atoms with Crippen molar-refractivity contribution in [3.8, 4) is 0 Å². The van der Waals surface area contributed by atoms with Crippen molar-refractivity contribution in [3.63, 3.8) is 0 Å². The van der Waals surface area contributed by atoms with E-state index in [2.05, 4.69) is 16.2 Å². The third-order valence-corrected chi connectivity index (χ3v) is 3.95. The van der Waals surface area contributed by atoms with E-state index < -0.39 is 11.9 Å². The van der Waals surface area contributed by atoms with Gasteiger partial charge >= 0.3 is 0 Å². The smallest absolute Gasteiger partial charge is 0.269 e. The molecule has 0 heterocycles. The van der Waals surface area contributed by atoms with Crippen LogP contribution in [0.1, 0.15) is 46.4 Å². The van der Waals surface area contributed by atoms with Gasteiger partial charge in [0, 0.05) is 12.5 Å². The maximum absolute atomic E-state index is 12.2. The lowest BCUT2D eigenvalue weighted by Crippen LogP contribution is -2.43. The molecule has 0 aliphatic carbocycles. The lowest BCUT2D eigenvalue weighted by Gasteiger charge is -2.18. The van der Waals surface area contributed by atoms with Crippen LogP contribution >= 0.6 is 0 Å². The Hall–Kier alpha value is -3.15. The lowest BCUT2D eigenvalue weighted by molar-refractivity contribution is -0.123. The molecule has 6 heteroatoms. The molecule has 3 N–H and O–H groups in total. The first-order valence-electron chi connectivity index (χ1n) is 8.35.